The van der Waals surface area contributed by atoms with Gasteiger partial charge in [-0.15, -0.1) is 0 Å². The summed E-state index contributed by atoms with van der Waals surface area (Å²) in [5.41, 5.74) is 0.997. The molecule has 0 aromatic heterocycles. The smallest absolute Gasteiger partial charge is 0.264 e. The highest BCUT2D eigenvalue weighted by atomic mass is 35.5. The second-order valence-electron chi connectivity index (χ2n) is 7.84. The van der Waals surface area contributed by atoms with Gasteiger partial charge in [0.1, 0.15) is 25.6 Å². The van der Waals surface area contributed by atoms with Crippen molar-refractivity contribution in [3.05, 3.63) is 83.1 Å². The Balaban J connectivity index is 1.50. The molecule has 3 aromatic carbocycles. The summed E-state index contributed by atoms with van der Waals surface area (Å²) in [4.78, 5) is 12.6. The average Bonchev–Trinajstić information content (AvgIpc) is 2.85. The monoisotopic (exact) mass is 518 g/mol. The Morgan fingerprint density at radius 2 is 1.77 bits per heavy atom. The highest BCUT2D eigenvalue weighted by Gasteiger charge is 2.29. The van der Waals surface area contributed by atoms with E-state index in [1.807, 2.05) is 18.2 Å². The first-order valence-corrected chi connectivity index (χ1v) is 12.8. The molecule has 7 nitrogen and oxygen atoms in total. The molecule has 4 rings (SSSR count). The van der Waals surface area contributed by atoms with Crippen LogP contribution in [0.25, 0.3) is 0 Å². The Labute approximate surface area is 208 Å². The fourth-order valence-electron chi connectivity index (χ4n) is 3.65. The van der Waals surface area contributed by atoms with Crippen LogP contribution in [0.15, 0.2) is 71.6 Å². The van der Waals surface area contributed by atoms with E-state index in [9.17, 15) is 17.6 Å². The number of nitrogens with zero attached hydrogens (tertiary/aromatic N) is 1. The Kier molecular flexibility index (Phi) is 7.77. The van der Waals surface area contributed by atoms with E-state index in [1.165, 1.54) is 36.4 Å². The molecule has 0 bridgehead atoms. The van der Waals surface area contributed by atoms with Crippen molar-refractivity contribution < 1.29 is 27.1 Å². The van der Waals surface area contributed by atoms with Gasteiger partial charge in [0.2, 0.25) is 5.91 Å². The van der Waals surface area contributed by atoms with Gasteiger partial charge in [-0.1, -0.05) is 35.9 Å². The fourth-order valence-corrected chi connectivity index (χ4v) is 5.31. The summed E-state index contributed by atoms with van der Waals surface area (Å²) in [6.45, 7) is 0.462. The zero-order valence-corrected chi connectivity index (χ0v) is 20.3. The van der Waals surface area contributed by atoms with Crippen LogP contribution in [0, 0.1) is 5.82 Å². The van der Waals surface area contributed by atoms with Crippen LogP contribution in [0.4, 0.5) is 10.1 Å². The van der Waals surface area contributed by atoms with Crippen molar-refractivity contribution in [2.75, 3.05) is 30.6 Å². The van der Waals surface area contributed by atoms with Crippen LogP contribution in [0.2, 0.25) is 5.02 Å². The van der Waals surface area contributed by atoms with Gasteiger partial charge in [-0.05, 0) is 54.8 Å². The summed E-state index contributed by atoms with van der Waals surface area (Å²) < 4.78 is 52.8. The lowest BCUT2D eigenvalue weighted by atomic mass is 10.1. The first-order valence-electron chi connectivity index (χ1n) is 11.0. The Hall–Kier alpha value is -3.30. The zero-order valence-electron chi connectivity index (χ0n) is 18.7. The lowest BCUT2D eigenvalue weighted by molar-refractivity contribution is -0.119. The van der Waals surface area contributed by atoms with E-state index in [0.29, 0.717) is 49.1 Å². The third kappa shape index (κ3) is 6.04. The summed E-state index contributed by atoms with van der Waals surface area (Å²) in [6.07, 6.45) is 1.27. The largest absolute Gasteiger partial charge is 0.486 e. The molecule has 1 N–H and O–H groups in total. The predicted octanol–water partition coefficient (Wildman–Crippen LogP) is 4.19. The topological polar surface area (TPSA) is 84.9 Å². The summed E-state index contributed by atoms with van der Waals surface area (Å²) >= 11 is 6.16. The molecule has 1 heterocycles. The molecule has 3 aromatic rings. The van der Waals surface area contributed by atoms with Gasteiger partial charge in [-0.25, -0.2) is 12.8 Å². The van der Waals surface area contributed by atoms with Crippen LogP contribution in [-0.2, 0) is 21.2 Å². The van der Waals surface area contributed by atoms with E-state index < -0.39 is 28.3 Å². The summed E-state index contributed by atoms with van der Waals surface area (Å²) in [7, 11) is -4.23. The Morgan fingerprint density at radius 1 is 1.00 bits per heavy atom. The summed E-state index contributed by atoms with van der Waals surface area (Å²) in [6, 6.07) is 16.8. The summed E-state index contributed by atoms with van der Waals surface area (Å²) in [5.74, 6) is -0.413. The Morgan fingerprint density at radius 3 is 2.54 bits per heavy atom. The maximum atomic E-state index is 14.0. The zero-order chi connectivity index (χ0) is 24.8. The number of fused-ring (bicyclic) bond motifs is 1. The number of anilines is 1. The number of nitrogens with one attached hydrogen (secondary N) is 1. The molecule has 0 unspecified atom stereocenters. The standard InChI is InChI=1S/C25H24ClFN2O5S/c26-22-9-2-1-5-18(22)6-4-12-28-25(30)17-29(20-8-3-7-19(27)15-20)35(31,32)21-10-11-23-24(16-21)34-14-13-33-23/h1-3,5,7-11,15-16H,4,6,12-14,17H2,(H,28,30). The van der Waals surface area contributed by atoms with Crippen LogP contribution in [0.3, 0.4) is 0 Å². The van der Waals surface area contributed by atoms with Gasteiger partial charge in [0.25, 0.3) is 10.0 Å². The van der Waals surface area contributed by atoms with Crippen molar-refractivity contribution in [3.8, 4) is 11.5 Å². The molecular weight excluding hydrogens is 495 g/mol. The van der Waals surface area contributed by atoms with Crippen LogP contribution in [0.1, 0.15) is 12.0 Å². The van der Waals surface area contributed by atoms with Gasteiger partial charge < -0.3 is 14.8 Å². The van der Waals surface area contributed by atoms with E-state index in [0.717, 1.165) is 15.9 Å². The molecule has 1 aliphatic rings. The number of carbonyl (C=O) groups excluding carboxylic acids is 1. The van der Waals surface area contributed by atoms with Gasteiger partial charge >= 0.3 is 0 Å². The molecule has 0 saturated carbocycles. The number of aryl methyl sites for hydroxylation is 1. The lowest BCUT2D eigenvalue weighted by Gasteiger charge is -2.25. The van der Waals surface area contributed by atoms with Gasteiger partial charge in [0, 0.05) is 17.6 Å². The molecule has 35 heavy (non-hydrogen) atoms. The molecule has 184 valence electrons. The average molecular weight is 519 g/mol. The minimum atomic E-state index is -4.23. The number of hydrogen-bond acceptors (Lipinski definition) is 5. The van der Waals surface area contributed by atoms with E-state index >= 15 is 0 Å². The fraction of sp³-hybridized carbons (Fsp3) is 0.240. The third-order valence-electron chi connectivity index (χ3n) is 5.39. The predicted molar refractivity (Wildman–Crippen MR) is 131 cm³/mol. The molecule has 0 radical (unpaired) electrons. The molecule has 10 heteroatoms. The first kappa shape index (κ1) is 24.8. The maximum Gasteiger partial charge on any atom is 0.264 e. The molecule has 0 fully saturated rings. The van der Waals surface area contributed by atoms with Gasteiger partial charge in [-0.2, -0.15) is 0 Å². The number of ether oxygens (including phenoxy) is 2. The van der Waals surface area contributed by atoms with Gasteiger partial charge in [0.15, 0.2) is 11.5 Å². The van der Waals surface area contributed by atoms with Gasteiger partial charge in [0.05, 0.1) is 10.6 Å². The van der Waals surface area contributed by atoms with Crippen molar-refractivity contribution in [3.63, 3.8) is 0 Å². The molecule has 1 aliphatic heterocycles. The number of sulfonamides is 1. The minimum Gasteiger partial charge on any atom is -0.486 e. The number of hydrogen-bond donors (Lipinski definition) is 1. The van der Waals surface area contributed by atoms with E-state index in [4.69, 9.17) is 21.1 Å². The van der Waals surface area contributed by atoms with Crippen LogP contribution < -0.4 is 19.1 Å². The second-order valence-corrected chi connectivity index (χ2v) is 10.1. The minimum absolute atomic E-state index is 0.0334. The van der Waals surface area contributed by atoms with E-state index in [2.05, 4.69) is 5.32 Å². The van der Waals surface area contributed by atoms with E-state index in [-0.39, 0.29) is 10.6 Å². The highest BCUT2D eigenvalue weighted by Crippen LogP contribution is 2.34. The SMILES string of the molecule is O=C(CN(c1cccc(F)c1)S(=O)(=O)c1ccc2c(c1)OCCO2)NCCCc1ccccc1Cl. The van der Waals surface area contributed by atoms with Crippen LogP contribution in [0.5, 0.6) is 11.5 Å². The highest BCUT2D eigenvalue weighted by molar-refractivity contribution is 7.92. The quantitative estimate of drug-likeness (QED) is 0.429. The summed E-state index contributed by atoms with van der Waals surface area (Å²) in [5, 5.41) is 3.39. The van der Waals surface area contributed by atoms with Crippen molar-refractivity contribution in [1.82, 2.24) is 5.32 Å². The number of halogens is 2. The normalized spacial score (nSPS) is 12.7. The van der Waals surface area contributed by atoms with E-state index in [1.54, 1.807) is 6.07 Å². The molecular formula is C25H24ClFN2O5S. The van der Waals surface area contributed by atoms with Crippen LogP contribution in [-0.4, -0.2) is 40.6 Å². The first-order chi connectivity index (χ1) is 16.8. The number of amides is 1. The molecule has 1 amide bonds. The molecule has 0 atom stereocenters. The van der Waals surface area contributed by atoms with Crippen LogP contribution >= 0.6 is 11.6 Å². The second kappa shape index (κ2) is 11.0. The Bertz CT molecular complexity index is 1320. The van der Waals surface area contributed by atoms with Crippen molar-refractivity contribution >= 4 is 33.2 Å². The number of rotatable bonds is 9. The maximum absolute atomic E-state index is 14.0. The van der Waals surface area contributed by atoms with Crippen molar-refractivity contribution in [1.29, 1.82) is 0 Å². The lowest BCUT2D eigenvalue weighted by Crippen LogP contribution is -2.41. The number of carbonyl (C=O) groups is 1. The molecule has 0 saturated heterocycles. The van der Waals surface area contributed by atoms with Crippen molar-refractivity contribution in [2.24, 2.45) is 0 Å². The third-order valence-corrected chi connectivity index (χ3v) is 7.53. The van der Waals surface area contributed by atoms with Gasteiger partial charge in [-0.3, -0.25) is 9.10 Å². The molecule has 0 aliphatic carbocycles. The number of benzene rings is 3. The molecule has 0 spiro atoms. The van der Waals surface area contributed by atoms with Crippen molar-refractivity contribution in [2.45, 2.75) is 17.7 Å².